The molecule has 0 aromatic carbocycles. The summed E-state index contributed by atoms with van der Waals surface area (Å²) < 4.78 is 0. The quantitative estimate of drug-likeness (QED) is 0.615. The molecule has 56 valence electrons. The van der Waals surface area contributed by atoms with E-state index in [9.17, 15) is 0 Å². The van der Waals surface area contributed by atoms with Crippen molar-refractivity contribution in [3.8, 4) is 0 Å². The minimum atomic E-state index is 1.05. The van der Waals surface area contributed by atoms with Crippen molar-refractivity contribution in [3.63, 3.8) is 0 Å². The molecule has 0 unspecified atom stereocenters. The summed E-state index contributed by atoms with van der Waals surface area (Å²) in [6.07, 6.45) is 6.70. The lowest BCUT2D eigenvalue weighted by Gasteiger charge is -2.14. The summed E-state index contributed by atoms with van der Waals surface area (Å²) in [5.74, 6) is 0. The Hall–Kier alpha value is -0.720. The van der Waals surface area contributed by atoms with Gasteiger partial charge in [0.25, 0.3) is 0 Å². The summed E-state index contributed by atoms with van der Waals surface area (Å²) in [5.41, 5.74) is 2.86. The maximum absolute atomic E-state index is 3.36. The molecule has 0 fully saturated rings. The standard InChI is InChI=1S/C9H15N/c1-3-8-5-6-9(4-2)10-7-8/h5-6,10H,3-4,7H2,1-2H3. The summed E-state index contributed by atoms with van der Waals surface area (Å²) in [4.78, 5) is 0. The Bertz CT molecular complexity index is 146. The SMILES string of the molecule is CCC1=CC=C(CC)NC1. The van der Waals surface area contributed by atoms with Crippen LogP contribution in [0.3, 0.4) is 0 Å². The van der Waals surface area contributed by atoms with Gasteiger partial charge in [0.15, 0.2) is 0 Å². The highest BCUT2D eigenvalue weighted by molar-refractivity contribution is 5.23. The van der Waals surface area contributed by atoms with E-state index in [1.807, 2.05) is 0 Å². The van der Waals surface area contributed by atoms with E-state index in [0.717, 1.165) is 13.0 Å². The van der Waals surface area contributed by atoms with E-state index < -0.39 is 0 Å². The lowest BCUT2D eigenvalue weighted by atomic mass is 10.1. The Balaban J connectivity index is 2.55. The fraction of sp³-hybridized carbons (Fsp3) is 0.556. The maximum Gasteiger partial charge on any atom is 0.0360 e. The smallest absolute Gasteiger partial charge is 0.0360 e. The molecule has 0 saturated carbocycles. The molecule has 0 radical (unpaired) electrons. The minimum Gasteiger partial charge on any atom is -0.385 e. The number of dihydropyridines is 1. The van der Waals surface area contributed by atoms with E-state index in [-0.39, 0.29) is 0 Å². The van der Waals surface area contributed by atoms with Crippen LogP contribution in [0.1, 0.15) is 26.7 Å². The van der Waals surface area contributed by atoms with Gasteiger partial charge in [0.2, 0.25) is 0 Å². The first-order valence-electron chi connectivity index (χ1n) is 3.99. The van der Waals surface area contributed by atoms with Gasteiger partial charge in [0.05, 0.1) is 0 Å². The van der Waals surface area contributed by atoms with Gasteiger partial charge in [-0.25, -0.2) is 0 Å². The fourth-order valence-electron chi connectivity index (χ4n) is 1.05. The van der Waals surface area contributed by atoms with Crippen LogP contribution < -0.4 is 5.32 Å². The van der Waals surface area contributed by atoms with Gasteiger partial charge in [-0.3, -0.25) is 0 Å². The minimum absolute atomic E-state index is 1.05. The zero-order valence-corrected chi connectivity index (χ0v) is 6.78. The summed E-state index contributed by atoms with van der Waals surface area (Å²) in [6.45, 7) is 5.41. The molecule has 0 aromatic rings. The summed E-state index contributed by atoms with van der Waals surface area (Å²) in [7, 11) is 0. The number of nitrogens with one attached hydrogen (secondary N) is 1. The van der Waals surface area contributed by atoms with Crippen molar-refractivity contribution in [1.82, 2.24) is 5.32 Å². The molecule has 0 spiro atoms. The van der Waals surface area contributed by atoms with Crippen LogP contribution in [-0.2, 0) is 0 Å². The van der Waals surface area contributed by atoms with Gasteiger partial charge >= 0.3 is 0 Å². The van der Waals surface area contributed by atoms with E-state index in [1.165, 1.54) is 17.7 Å². The number of allylic oxidation sites excluding steroid dienone is 3. The first kappa shape index (κ1) is 7.39. The van der Waals surface area contributed by atoms with Crippen LogP contribution in [0.5, 0.6) is 0 Å². The van der Waals surface area contributed by atoms with Crippen molar-refractivity contribution in [2.45, 2.75) is 26.7 Å². The largest absolute Gasteiger partial charge is 0.385 e. The van der Waals surface area contributed by atoms with Gasteiger partial charge in [0, 0.05) is 12.2 Å². The molecule has 0 aromatic heterocycles. The van der Waals surface area contributed by atoms with Gasteiger partial charge in [-0.1, -0.05) is 25.5 Å². The Kier molecular flexibility index (Phi) is 2.55. The third-order valence-electron chi connectivity index (χ3n) is 1.90. The van der Waals surface area contributed by atoms with E-state index in [0.29, 0.717) is 0 Å². The van der Waals surface area contributed by atoms with Crippen LogP contribution in [0.25, 0.3) is 0 Å². The van der Waals surface area contributed by atoms with Crippen molar-refractivity contribution in [1.29, 1.82) is 0 Å². The molecule has 1 aliphatic rings. The summed E-state index contributed by atoms with van der Waals surface area (Å²) in [6, 6.07) is 0. The van der Waals surface area contributed by atoms with E-state index >= 15 is 0 Å². The molecule has 0 bridgehead atoms. The van der Waals surface area contributed by atoms with Crippen molar-refractivity contribution in [3.05, 3.63) is 23.4 Å². The molecule has 1 nitrogen and oxygen atoms in total. The zero-order chi connectivity index (χ0) is 7.40. The van der Waals surface area contributed by atoms with E-state index in [2.05, 4.69) is 31.3 Å². The molecule has 0 amide bonds. The average Bonchev–Trinajstić information content (AvgIpc) is 2.05. The molecule has 1 aliphatic heterocycles. The van der Waals surface area contributed by atoms with Crippen molar-refractivity contribution >= 4 is 0 Å². The van der Waals surface area contributed by atoms with Crippen LogP contribution in [-0.4, -0.2) is 6.54 Å². The second-order valence-electron chi connectivity index (χ2n) is 2.58. The second-order valence-corrected chi connectivity index (χ2v) is 2.58. The molecule has 1 rings (SSSR count). The van der Waals surface area contributed by atoms with Crippen LogP contribution in [0.15, 0.2) is 23.4 Å². The van der Waals surface area contributed by atoms with Crippen LogP contribution in [0.2, 0.25) is 0 Å². The van der Waals surface area contributed by atoms with Crippen LogP contribution in [0.4, 0.5) is 0 Å². The molecule has 1 heterocycles. The highest BCUT2D eigenvalue weighted by atomic mass is 14.9. The molecular weight excluding hydrogens is 122 g/mol. The van der Waals surface area contributed by atoms with Crippen molar-refractivity contribution in [2.75, 3.05) is 6.54 Å². The Morgan fingerprint density at radius 3 is 2.50 bits per heavy atom. The first-order valence-corrected chi connectivity index (χ1v) is 3.99. The van der Waals surface area contributed by atoms with E-state index in [4.69, 9.17) is 0 Å². The van der Waals surface area contributed by atoms with Gasteiger partial charge < -0.3 is 5.32 Å². The van der Waals surface area contributed by atoms with Crippen LogP contribution >= 0.6 is 0 Å². The fourth-order valence-corrected chi connectivity index (χ4v) is 1.05. The van der Waals surface area contributed by atoms with Crippen LogP contribution in [0, 0.1) is 0 Å². The Morgan fingerprint density at radius 2 is 2.10 bits per heavy atom. The lowest BCUT2D eigenvalue weighted by molar-refractivity contribution is 0.784. The highest BCUT2D eigenvalue weighted by Gasteiger charge is 1.99. The molecule has 0 atom stereocenters. The summed E-state index contributed by atoms with van der Waals surface area (Å²) in [5, 5.41) is 3.36. The normalized spacial score (nSPS) is 17.4. The average molecular weight is 137 g/mol. The topological polar surface area (TPSA) is 12.0 Å². The van der Waals surface area contributed by atoms with Gasteiger partial charge in [-0.15, -0.1) is 0 Å². The molecule has 0 aliphatic carbocycles. The van der Waals surface area contributed by atoms with Crippen molar-refractivity contribution in [2.24, 2.45) is 0 Å². The highest BCUT2D eigenvalue weighted by Crippen LogP contribution is 2.08. The van der Waals surface area contributed by atoms with Gasteiger partial charge in [0.1, 0.15) is 0 Å². The molecule has 1 N–H and O–H groups in total. The number of hydrogen-bond acceptors (Lipinski definition) is 1. The zero-order valence-electron chi connectivity index (χ0n) is 6.78. The summed E-state index contributed by atoms with van der Waals surface area (Å²) >= 11 is 0. The number of hydrogen-bond donors (Lipinski definition) is 1. The predicted octanol–water partition coefficient (Wildman–Crippen LogP) is 2.22. The molecule has 0 saturated heterocycles. The molecule has 1 heteroatoms. The third-order valence-corrected chi connectivity index (χ3v) is 1.90. The molecular formula is C9H15N. The molecule has 10 heavy (non-hydrogen) atoms. The van der Waals surface area contributed by atoms with Crippen molar-refractivity contribution < 1.29 is 0 Å². The van der Waals surface area contributed by atoms with E-state index in [1.54, 1.807) is 0 Å². The Labute approximate surface area is 62.8 Å². The second kappa shape index (κ2) is 3.45. The first-order chi connectivity index (χ1) is 4.86. The number of rotatable bonds is 2. The lowest BCUT2D eigenvalue weighted by Crippen LogP contribution is -2.18. The maximum atomic E-state index is 3.36. The Morgan fingerprint density at radius 1 is 1.30 bits per heavy atom. The third kappa shape index (κ3) is 1.63. The predicted molar refractivity (Wildman–Crippen MR) is 44.8 cm³/mol. The monoisotopic (exact) mass is 137 g/mol. The van der Waals surface area contributed by atoms with Gasteiger partial charge in [-0.2, -0.15) is 0 Å². The van der Waals surface area contributed by atoms with Gasteiger partial charge in [-0.05, 0) is 18.9 Å².